The summed E-state index contributed by atoms with van der Waals surface area (Å²) in [5.74, 6) is -1.06. The van der Waals surface area contributed by atoms with Crippen molar-refractivity contribution in [2.45, 2.75) is 13.3 Å². The average molecular weight is 312 g/mol. The first-order chi connectivity index (χ1) is 11.0. The molecular formula is C18H17FN2O2. The largest absolute Gasteiger partial charge is 0.326 e. The smallest absolute Gasteiger partial charge is 0.229 e. The third kappa shape index (κ3) is 3.23. The molecule has 1 aliphatic rings. The molecule has 118 valence electrons. The van der Waals surface area contributed by atoms with E-state index >= 15 is 0 Å². The van der Waals surface area contributed by atoms with Gasteiger partial charge in [-0.15, -0.1) is 0 Å². The van der Waals surface area contributed by atoms with Crippen molar-refractivity contribution in [3.05, 3.63) is 59.9 Å². The molecule has 2 aromatic rings. The van der Waals surface area contributed by atoms with Gasteiger partial charge in [0.1, 0.15) is 5.82 Å². The Labute approximate surface area is 133 Å². The van der Waals surface area contributed by atoms with Gasteiger partial charge in [0.05, 0.1) is 5.92 Å². The molecule has 0 aliphatic carbocycles. The van der Waals surface area contributed by atoms with Crippen LogP contribution in [0, 0.1) is 18.7 Å². The van der Waals surface area contributed by atoms with Gasteiger partial charge in [-0.25, -0.2) is 4.39 Å². The number of rotatable bonds is 3. The maximum Gasteiger partial charge on any atom is 0.229 e. The normalized spacial score (nSPS) is 17.4. The summed E-state index contributed by atoms with van der Waals surface area (Å²) in [7, 11) is 0. The van der Waals surface area contributed by atoms with Crippen molar-refractivity contribution < 1.29 is 14.0 Å². The molecule has 1 fully saturated rings. The quantitative estimate of drug-likeness (QED) is 0.946. The van der Waals surface area contributed by atoms with Crippen LogP contribution in [0.5, 0.6) is 0 Å². The van der Waals surface area contributed by atoms with E-state index in [1.165, 1.54) is 17.0 Å². The molecule has 0 unspecified atom stereocenters. The predicted octanol–water partition coefficient (Wildman–Crippen LogP) is 3.13. The number of para-hydroxylation sites is 1. The second-order valence-electron chi connectivity index (χ2n) is 5.69. The Kier molecular flexibility index (Phi) is 4.10. The highest BCUT2D eigenvalue weighted by Crippen LogP contribution is 2.26. The zero-order valence-electron chi connectivity index (χ0n) is 12.8. The maximum atomic E-state index is 13.0. The van der Waals surface area contributed by atoms with E-state index in [0.717, 1.165) is 11.3 Å². The number of amides is 2. The summed E-state index contributed by atoms with van der Waals surface area (Å²) in [5.41, 5.74) is 2.34. The summed E-state index contributed by atoms with van der Waals surface area (Å²) < 4.78 is 13.0. The van der Waals surface area contributed by atoms with Crippen LogP contribution >= 0.6 is 0 Å². The number of nitrogens with zero attached hydrogens (tertiary/aromatic N) is 1. The van der Waals surface area contributed by atoms with Crippen molar-refractivity contribution in [2.24, 2.45) is 5.92 Å². The minimum Gasteiger partial charge on any atom is -0.326 e. The number of anilines is 2. The van der Waals surface area contributed by atoms with E-state index in [-0.39, 0.29) is 24.1 Å². The lowest BCUT2D eigenvalue weighted by atomic mass is 10.1. The summed E-state index contributed by atoms with van der Waals surface area (Å²) in [5, 5.41) is 2.88. The minimum absolute atomic E-state index is 0.124. The molecule has 1 saturated heterocycles. The van der Waals surface area contributed by atoms with E-state index < -0.39 is 5.92 Å². The standard InChI is InChI=1S/C18H17FN2O2/c1-12-4-2-3-5-16(12)20-18(23)13-10-17(22)21(11-13)15-8-6-14(19)7-9-15/h2-9,13H,10-11H2,1H3,(H,20,23)/t13-/m1/s1. The third-order valence-electron chi connectivity index (χ3n) is 4.04. The molecule has 4 nitrogen and oxygen atoms in total. The van der Waals surface area contributed by atoms with Gasteiger partial charge >= 0.3 is 0 Å². The van der Waals surface area contributed by atoms with Crippen LogP contribution in [0.15, 0.2) is 48.5 Å². The van der Waals surface area contributed by atoms with Gasteiger partial charge in [0.25, 0.3) is 0 Å². The van der Waals surface area contributed by atoms with Crippen molar-refractivity contribution in [1.29, 1.82) is 0 Å². The van der Waals surface area contributed by atoms with Crippen molar-refractivity contribution in [3.8, 4) is 0 Å². The van der Waals surface area contributed by atoms with E-state index in [1.807, 2.05) is 31.2 Å². The van der Waals surface area contributed by atoms with Gasteiger partial charge in [0.15, 0.2) is 0 Å². The van der Waals surface area contributed by atoms with E-state index in [4.69, 9.17) is 0 Å². The van der Waals surface area contributed by atoms with Crippen molar-refractivity contribution >= 4 is 23.2 Å². The molecular weight excluding hydrogens is 295 g/mol. The molecule has 0 bridgehead atoms. The second kappa shape index (κ2) is 6.20. The molecule has 1 aliphatic heterocycles. The van der Waals surface area contributed by atoms with Gasteiger partial charge < -0.3 is 10.2 Å². The van der Waals surface area contributed by atoms with Gasteiger partial charge in [-0.3, -0.25) is 9.59 Å². The summed E-state index contributed by atoms with van der Waals surface area (Å²) in [6.07, 6.45) is 0.162. The Bertz CT molecular complexity index is 743. The number of hydrogen-bond donors (Lipinski definition) is 1. The zero-order valence-corrected chi connectivity index (χ0v) is 12.8. The van der Waals surface area contributed by atoms with E-state index in [2.05, 4.69) is 5.32 Å². The van der Waals surface area contributed by atoms with Crippen LogP contribution < -0.4 is 10.2 Å². The molecule has 0 aromatic heterocycles. The number of benzene rings is 2. The number of hydrogen-bond acceptors (Lipinski definition) is 2. The molecule has 3 rings (SSSR count). The molecule has 0 radical (unpaired) electrons. The highest BCUT2D eigenvalue weighted by Gasteiger charge is 2.35. The number of halogens is 1. The Hall–Kier alpha value is -2.69. The molecule has 0 spiro atoms. The Balaban J connectivity index is 1.71. The first kappa shape index (κ1) is 15.2. The molecule has 1 heterocycles. The van der Waals surface area contributed by atoms with Crippen LogP contribution in [-0.2, 0) is 9.59 Å². The molecule has 1 atom stereocenters. The van der Waals surface area contributed by atoms with Crippen LogP contribution in [0.1, 0.15) is 12.0 Å². The third-order valence-corrected chi connectivity index (χ3v) is 4.04. The van der Waals surface area contributed by atoms with Gasteiger partial charge in [-0.2, -0.15) is 0 Å². The Morgan fingerprint density at radius 3 is 2.57 bits per heavy atom. The number of carbonyl (C=O) groups is 2. The first-order valence-corrected chi connectivity index (χ1v) is 7.47. The fourth-order valence-corrected chi connectivity index (χ4v) is 2.70. The van der Waals surface area contributed by atoms with Crippen LogP contribution in [-0.4, -0.2) is 18.4 Å². The van der Waals surface area contributed by atoms with Crippen LogP contribution in [0.2, 0.25) is 0 Å². The molecule has 0 saturated carbocycles. The molecule has 2 aromatic carbocycles. The lowest BCUT2D eigenvalue weighted by Crippen LogP contribution is -2.28. The first-order valence-electron chi connectivity index (χ1n) is 7.47. The fourth-order valence-electron chi connectivity index (χ4n) is 2.70. The Morgan fingerprint density at radius 2 is 1.87 bits per heavy atom. The summed E-state index contributed by atoms with van der Waals surface area (Å²) in [4.78, 5) is 26.1. The zero-order chi connectivity index (χ0) is 16.4. The van der Waals surface area contributed by atoms with Gasteiger partial charge in [-0.05, 0) is 42.8 Å². The fraction of sp³-hybridized carbons (Fsp3) is 0.222. The van der Waals surface area contributed by atoms with E-state index in [0.29, 0.717) is 12.2 Å². The SMILES string of the molecule is Cc1ccccc1NC(=O)[C@@H]1CC(=O)N(c2ccc(F)cc2)C1. The van der Waals surface area contributed by atoms with Crippen LogP contribution in [0.3, 0.4) is 0 Å². The van der Waals surface area contributed by atoms with Crippen LogP contribution in [0.4, 0.5) is 15.8 Å². The van der Waals surface area contributed by atoms with Crippen molar-refractivity contribution in [1.82, 2.24) is 0 Å². The second-order valence-corrected chi connectivity index (χ2v) is 5.69. The number of carbonyl (C=O) groups excluding carboxylic acids is 2. The lowest BCUT2D eigenvalue weighted by molar-refractivity contribution is -0.122. The average Bonchev–Trinajstić information content (AvgIpc) is 2.92. The van der Waals surface area contributed by atoms with Crippen LogP contribution in [0.25, 0.3) is 0 Å². The highest BCUT2D eigenvalue weighted by atomic mass is 19.1. The number of nitrogens with one attached hydrogen (secondary N) is 1. The summed E-state index contributed by atoms with van der Waals surface area (Å²) in [6, 6.07) is 13.2. The van der Waals surface area contributed by atoms with Gasteiger partial charge in [-0.1, -0.05) is 18.2 Å². The molecule has 2 amide bonds. The minimum atomic E-state index is -0.410. The summed E-state index contributed by atoms with van der Waals surface area (Å²) in [6.45, 7) is 2.22. The molecule has 23 heavy (non-hydrogen) atoms. The van der Waals surface area contributed by atoms with E-state index in [9.17, 15) is 14.0 Å². The highest BCUT2D eigenvalue weighted by molar-refractivity contribution is 6.03. The topological polar surface area (TPSA) is 49.4 Å². The monoisotopic (exact) mass is 312 g/mol. The maximum absolute atomic E-state index is 13.0. The Morgan fingerprint density at radius 1 is 1.17 bits per heavy atom. The number of aryl methyl sites for hydroxylation is 1. The van der Waals surface area contributed by atoms with Gasteiger partial charge in [0, 0.05) is 24.3 Å². The van der Waals surface area contributed by atoms with Crippen molar-refractivity contribution in [3.63, 3.8) is 0 Å². The van der Waals surface area contributed by atoms with Gasteiger partial charge in [0.2, 0.25) is 11.8 Å². The van der Waals surface area contributed by atoms with Crippen molar-refractivity contribution in [2.75, 3.05) is 16.8 Å². The predicted molar refractivity (Wildman–Crippen MR) is 86.7 cm³/mol. The molecule has 5 heteroatoms. The van der Waals surface area contributed by atoms with E-state index in [1.54, 1.807) is 12.1 Å². The molecule has 1 N–H and O–H groups in total. The summed E-state index contributed by atoms with van der Waals surface area (Å²) >= 11 is 0. The lowest BCUT2D eigenvalue weighted by Gasteiger charge is -2.17.